The summed E-state index contributed by atoms with van der Waals surface area (Å²) in [4.78, 5) is 16.5. The van der Waals surface area contributed by atoms with Gasteiger partial charge in [0.25, 0.3) is 5.91 Å². The summed E-state index contributed by atoms with van der Waals surface area (Å²) in [6, 6.07) is 10.2. The van der Waals surface area contributed by atoms with Crippen LogP contribution in [0.3, 0.4) is 0 Å². The topological polar surface area (TPSA) is 56.6 Å². The molecule has 0 spiro atoms. The van der Waals surface area contributed by atoms with Crippen LogP contribution in [0.5, 0.6) is 0 Å². The van der Waals surface area contributed by atoms with Crippen LogP contribution in [0.15, 0.2) is 29.8 Å². The SMILES string of the molecule is N#C/C(=C\c1ccc(N2CCCCC2)cc1)C(=O)N1CCOCC1. The predicted octanol–water partition coefficient (Wildman–Crippen LogP) is 2.44. The van der Waals surface area contributed by atoms with Gasteiger partial charge >= 0.3 is 0 Å². The van der Waals surface area contributed by atoms with Gasteiger partial charge in [0.05, 0.1) is 13.2 Å². The minimum Gasteiger partial charge on any atom is -0.378 e. The fourth-order valence-corrected chi connectivity index (χ4v) is 3.18. The van der Waals surface area contributed by atoms with Crippen LogP contribution < -0.4 is 4.90 Å². The largest absolute Gasteiger partial charge is 0.378 e. The molecule has 1 aromatic rings. The zero-order valence-electron chi connectivity index (χ0n) is 13.9. The molecule has 5 heteroatoms. The van der Waals surface area contributed by atoms with E-state index in [-0.39, 0.29) is 11.5 Å². The highest BCUT2D eigenvalue weighted by molar-refractivity contribution is 6.01. The predicted molar refractivity (Wildman–Crippen MR) is 93.5 cm³/mol. The highest BCUT2D eigenvalue weighted by atomic mass is 16.5. The van der Waals surface area contributed by atoms with Crippen molar-refractivity contribution >= 4 is 17.7 Å². The number of nitrogens with zero attached hydrogens (tertiary/aromatic N) is 3. The van der Waals surface area contributed by atoms with Gasteiger partial charge in [-0.15, -0.1) is 0 Å². The fraction of sp³-hybridized carbons (Fsp3) is 0.474. The third-order valence-electron chi connectivity index (χ3n) is 4.57. The normalized spacial score (nSPS) is 19.0. The molecule has 2 aliphatic rings. The van der Waals surface area contributed by atoms with Crippen molar-refractivity contribution in [2.45, 2.75) is 19.3 Å². The lowest BCUT2D eigenvalue weighted by molar-refractivity contribution is -0.130. The summed E-state index contributed by atoms with van der Waals surface area (Å²) in [6.07, 6.45) is 5.48. The monoisotopic (exact) mass is 325 g/mol. The van der Waals surface area contributed by atoms with Crippen molar-refractivity contribution in [3.05, 3.63) is 35.4 Å². The molecule has 1 amide bonds. The molecule has 0 aromatic heterocycles. The standard InChI is InChI=1S/C19H23N3O2/c20-15-17(19(23)22-10-12-24-13-11-22)14-16-4-6-18(7-5-16)21-8-2-1-3-9-21/h4-7,14H,1-3,8-13H2/b17-14+. The van der Waals surface area contributed by atoms with E-state index in [1.807, 2.05) is 18.2 Å². The molecule has 1 aromatic carbocycles. The molecule has 2 heterocycles. The van der Waals surface area contributed by atoms with Crippen molar-refractivity contribution in [3.8, 4) is 6.07 Å². The number of hydrogen-bond donors (Lipinski definition) is 0. The molecule has 2 aliphatic heterocycles. The first-order valence-electron chi connectivity index (χ1n) is 8.62. The van der Waals surface area contributed by atoms with Gasteiger partial charge in [-0.3, -0.25) is 4.79 Å². The van der Waals surface area contributed by atoms with E-state index in [9.17, 15) is 10.1 Å². The summed E-state index contributed by atoms with van der Waals surface area (Å²) in [5.41, 5.74) is 2.28. The van der Waals surface area contributed by atoms with Gasteiger partial charge in [0, 0.05) is 31.9 Å². The Morgan fingerprint density at radius 1 is 1.04 bits per heavy atom. The first-order chi connectivity index (χ1) is 11.8. The molecular formula is C19H23N3O2. The Labute approximate surface area is 143 Å². The van der Waals surface area contributed by atoms with Crippen molar-refractivity contribution in [1.82, 2.24) is 4.90 Å². The number of ether oxygens (including phenoxy) is 1. The average Bonchev–Trinajstić information content (AvgIpc) is 2.67. The number of hydrogen-bond acceptors (Lipinski definition) is 4. The minimum atomic E-state index is -0.207. The number of nitriles is 1. The van der Waals surface area contributed by atoms with Crippen molar-refractivity contribution in [3.63, 3.8) is 0 Å². The molecule has 24 heavy (non-hydrogen) atoms. The van der Waals surface area contributed by atoms with E-state index in [2.05, 4.69) is 17.0 Å². The van der Waals surface area contributed by atoms with E-state index < -0.39 is 0 Å². The number of carbonyl (C=O) groups excluding carboxylic acids is 1. The Hall–Kier alpha value is -2.32. The van der Waals surface area contributed by atoms with Crippen LogP contribution >= 0.6 is 0 Å². The van der Waals surface area contributed by atoms with Gasteiger partial charge < -0.3 is 14.5 Å². The van der Waals surface area contributed by atoms with Crippen molar-refractivity contribution in [1.29, 1.82) is 5.26 Å². The van der Waals surface area contributed by atoms with Crippen LogP contribution in [-0.4, -0.2) is 50.2 Å². The Morgan fingerprint density at radius 2 is 1.71 bits per heavy atom. The number of anilines is 1. The lowest BCUT2D eigenvalue weighted by Crippen LogP contribution is -2.41. The summed E-state index contributed by atoms with van der Waals surface area (Å²) in [5, 5.41) is 9.34. The van der Waals surface area contributed by atoms with E-state index >= 15 is 0 Å². The van der Waals surface area contributed by atoms with Crippen molar-refractivity contribution in [2.24, 2.45) is 0 Å². The second-order valence-electron chi connectivity index (χ2n) is 6.21. The smallest absolute Gasteiger partial charge is 0.264 e. The molecule has 5 nitrogen and oxygen atoms in total. The second kappa shape index (κ2) is 7.98. The number of piperidine rings is 1. The lowest BCUT2D eigenvalue weighted by Gasteiger charge is -2.28. The highest BCUT2D eigenvalue weighted by Crippen LogP contribution is 2.21. The first kappa shape index (κ1) is 16.5. The third kappa shape index (κ3) is 3.95. The molecule has 0 unspecified atom stereocenters. The Bertz CT molecular complexity index is 634. The van der Waals surface area contributed by atoms with Crippen molar-refractivity contribution in [2.75, 3.05) is 44.3 Å². The van der Waals surface area contributed by atoms with Crippen molar-refractivity contribution < 1.29 is 9.53 Å². The molecule has 0 radical (unpaired) electrons. The number of amides is 1. The molecule has 3 rings (SSSR count). The van der Waals surface area contributed by atoms with E-state index in [0.717, 1.165) is 18.7 Å². The molecule has 126 valence electrons. The average molecular weight is 325 g/mol. The maximum absolute atomic E-state index is 12.4. The van der Waals surface area contributed by atoms with Crippen LogP contribution in [-0.2, 0) is 9.53 Å². The maximum atomic E-state index is 12.4. The molecule has 0 atom stereocenters. The van der Waals surface area contributed by atoms with Gasteiger partial charge in [0.15, 0.2) is 0 Å². The van der Waals surface area contributed by atoms with E-state index in [1.54, 1.807) is 11.0 Å². The summed E-state index contributed by atoms with van der Waals surface area (Å²) in [6.45, 7) is 4.38. The van der Waals surface area contributed by atoms with Gasteiger partial charge in [-0.05, 0) is 43.0 Å². The Kier molecular flexibility index (Phi) is 5.50. The van der Waals surface area contributed by atoms with Gasteiger partial charge in [-0.25, -0.2) is 0 Å². The van der Waals surface area contributed by atoms with E-state index in [4.69, 9.17) is 4.74 Å². The second-order valence-corrected chi connectivity index (χ2v) is 6.21. The van der Waals surface area contributed by atoms with Crippen LogP contribution in [0.2, 0.25) is 0 Å². The fourth-order valence-electron chi connectivity index (χ4n) is 3.18. The molecule has 0 saturated carbocycles. The highest BCUT2D eigenvalue weighted by Gasteiger charge is 2.20. The summed E-state index contributed by atoms with van der Waals surface area (Å²) in [5.74, 6) is -0.207. The molecule has 2 saturated heterocycles. The Balaban J connectivity index is 1.71. The first-order valence-corrected chi connectivity index (χ1v) is 8.62. The summed E-state index contributed by atoms with van der Waals surface area (Å²) < 4.78 is 5.25. The van der Waals surface area contributed by atoms with Gasteiger partial charge in [-0.2, -0.15) is 5.26 Å². The van der Waals surface area contributed by atoms with Crippen LogP contribution in [0, 0.1) is 11.3 Å². The van der Waals surface area contributed by atoms with E-state index in [0.29, 0.717) is 26.3 Å². The molecule has 0 N–H and O–H groups in total. The minimum absolute atomic E-state index is 0.183. The quantitative estimate of drug-likeness (QED) is 0.633. The molecule has 2 fully saturated rings. The van der Waals surface area contributed by atoms with Gasteiger partial charge in [-0.1, -0.05) is 12.1 Å². The van der Waals surface area contributed by atoms with Gasteiger partial charge in [0.1, 0.15) is 11.6 Å². The number of benzene rings is 1. The molecule has 0 bridgehead atoms. The number of carbonyl (C=O) groups is 1. The van der Waals surface area contributed by atoms with Crippen LogP contribution in [0.1, 0.15) is 24.8 Å². The number of rotatable bonds is 3. The zero-order chi connectivity index (χ0) is 16.8. The third-order valence-corrected chi connectivity index (χ3v) is 4.57. The lowest BCUT2D eigenvalue weighted by atomic mass is 10.1. The summed E-state index contributed by atoms with van der Waals surface area (Å²) >= 11 is 0. The van der Waals surface area contributed by atoms with Crippen LogP contribution in [0.4, 0.5) is 5.69 Å². The summed E-state index contributed by atoms with van der Waals surface area (Å²) in [7, 11) is 0. The number of morpholine rings is 1. The van der Waals surface area contributed by atoms with Gasteiger partial charge in [0.2, 0.25) is 0 Å². The Morgan fingerprint density at radius 3 is 2.33 bits per heavy atom. The molecular weight excluding hydrogens is 302 g/mol. The zero-order valence-corrected chi connectivity index (χ0v) is 13.9. The maximum Gasteiger partial charge on any atom is 0.264 e. The van der Waals surface area contributed by atoms with Crippen LogP contribution in [0.25, 0.3) is 6.08 Å². The molecule has 0 aliphatic carbocycles. The van der Waals surface area contributed by atoms with E-state index in [1.165, 1.54) is 24.9 Å².